The lowest BCUT2D eigenvalue weighted by molar-refractivity contribution is 0.748. The molecule has 1 aromatic heterocycles. The van der Waals surface area contributed by atoms with Crippen LogP contribution in [-0.2, 0) is 0 Å². The fourth-order valence-electron chi connectivity index (χ4n) is 1.94. The van der Waals surface area contributed by atoms with Crippen molar-refractivity contribution in [3.8, 4) is 0 Å². The maximum Gasteiger partial charge on any atom is 0.224 e. The van der Waals surface area contributed by atoms with E-state index in [9.17, 15) is 0 Å². The Hall–Kier alpha value is -1.32. The molecule has 0 atom stereocenters. The molecule has 1 fully saturated rings. The molecule has 0 bridgehead atoms. The van der Waals surface area contributed by atoms with E-state index >= 15 is 0 Å². The van der Waals surface area contributed by atoms with E-state index in [0.29, 0.717) is 6.04 Å². The Kier molecular flexibility index (Phi) is 4.18. The number of hydrogen-bond donors (Lipinski definition) is 1. The summed E-state index contributed by atoms with van der Waals surface area (Å²) in [4.78, 5) is 11.3. The molecule has 1 aliphatic rings. The fourth-order valence-corrected chi connectivity index (χ4v) is 1.94. The van der Waals surface area contributed by atoms with E-state index in [1.807, 2.05) is 12.3 Å². The summed E-state index contributed by atoms with van der Waals surface area (Å²) in [7, 11) is 0. The van der Waals surface area contributed by atoms with Crippen molar-refractivity contribution in [2.24, 2.45) is 0 Å². The predicted molar refractivity (Wildman–Crippen MR) is 71.5 cm³/mol. The first-order valence-corrected chi connectivity index (χ1v) is 6.68. The van der Waals surface area contributed by atoms with E-state index in [2.05, 4.69) is 34.0 Å². The smallest absolute Gasteiger partial charge is 0.224 e. The van der Waals surface area contributed by atoms with Crippen LogP contribution in [0.3, 0.4) is 0 Å². The molecule has 0 amide bonds. The van der Waals surface area contributed by atoms with Gasteiger partial charge in [0.15, 0.2) is 0 Å². The maximum atomic E-state index is 4.59. The van der Waals surface area contributed by atoms with Gasteiger partial charge in [-0.05, 0) is 31.7 Å². The summed E-state index contributed by atoms with van der Waals surface area (Å²) >= 11 is 0. The first-order valence-electron chi connectivity index (χ1n) is 6.68. The van der Waals surface area contributed by atoms with Gasteiger partial charge >= 0.3 is 0 Å². The second-order valence-corrected chi connectivity index (χ2v) is 4.59. The fraction of sp³-hybridized carbons (Fsp3) is 0.692. The zero-order valence-electron chi connectivity index (χ0n) is 10.8. The molecule has 0 aromatic carbocycles. The van der Waals surface area contributed by atoms with Crippen molar-refractivity contribution in [2.75, 3.05) is 23.3 Å². The van der Waals surface area contributed by atoms with Crippen molar-refractivity contribution >= 4 is 11.8 Å². The minimum Gasteiger partial charge on any atom is -0.354 e. The van der Waals surface area contributed by atoms with Crippen molar-refractivity contribution in [3.05, 3.63) is 12.3 Å². The van der Waals surface area contributed by atoms with E-state index in [1.54, 1.807) is 0 Å². The molecule has 0 aliphatic heterocycles. The van der Waals surface area contributed by atoms with Crippen LogP contribution >= 0.6 is 0 Å². The number of hydrogen-bond acceptors (Lipinski definition) is 4. The van der Waals surface area contributed by atoms with Gasteiger partial charge in [0.2, 0.25) is 5.95 Å². The predicted octanol–water partition coefficient (Wildman–Crippen LogP) is 2.68. The Bertz CT molecular complexity index is 349. The molecule has 0 saturated heterocycles. The quantitative estimate of drug-likeness (QED) is 0.787. The van der Waals surface area contributed by atoms with E-state index in [4.69, 9.17) is 0 Å². The molecule has 1 aliphatic carbocycles. The van der Waals surface area contributed by atoms with E-state index in [1.165, 1.54) is 12.8 Å². The molecule has 2 rings (SSSR count). The molecular weight excluding hydrogens is 212 g/mol. The zero-order valence-corrected chi connectivity index (χ0v) is 10.8. The largest absolute Gasteiger partial charge is 0.354 e. The minimum absolute atomic E-state index is 0.712. The van der Waals surface area contributed by atoms with Crippen LogP contribution in [0.2, 0.25) is 0 Å². The monoisotopic (exact) mass is 234 g/mol. The molecule has 17 heavy (non-hydrogen) atoms. The average Bonchev–Trinajstić information content (AvgIpc) is 3.18. The average molecular weight is 234 g/mol. The van der Waals surface area contributed by atoms with Crippen LogP contribution in [0.4, 0.5) is 11.8 Å². The first-order chi connectivity index (χ1) is 8.35. The highest BCUT2D eigenvalue weighted by Gasteiger charge is 2.29. The Morgan fingerprint density at radius 1 is 1.35 bits per heavy atom. The summed E-state index contributed by atoms with van der Waals surface area (Å²) in [5.41, 5.74) is 0. The molecule has 4 heteroatoms. The topological polar surface area (TPSA) is 41.1 Å². The number of nitrogens with zero attached hydrogens (tertiary/aromatic N) is 3. The number of rotatable bonds is 7. The van der Waals surface area contributed by atoms with Gasteiger partial charge in [-0.2, -0.15) is 4.98 Å². The maximum absolute atomic E-state index is 4.59. The van der Waals surface area contributed by atoms with Crippen LogP contribution in [-0.4, -0.2) is 29.1 Å². The second kappa shape index (κ2) is 5.84. The van der Waals surface area contributed by atoms with E-state index in [0.717, 1.165) is 37.7 Å². The Morgan fingerprint density at radius 2 is 2.18 bits per heavy atom. The van der Waals surface area contributed by atoms with Crippen LogP contribution in [0, 0.1) is 0 Å². The molecule has 1 aromatic rings. The third kappa shape index (κ3) is 3.32. The lowest BCUT2D eigenvalue weighted by Gasteiger charge is -2.23. The van der Waals surface area contributed by atoms with E-state index < -0.39 is 0 Å². The highest BCUT2D eigenvalue weighted by molar-refractivity contribution is 5.44. The van der Waals surface area contributed by atoms with Gasteiger partial charge < -0.3 is 10.2 Å². The van der Waals surface area contributed by atoms with Crippen LogP contribution in [0.15, 0.2) is 12.3 Å². The standard InChI is InChI=1S/C13H22N4/c1-3-8-14-13-15-9-7-12(16-13)17(10-4-2)11-5-6-11/h7,9,11H,3-6,8,10H2,1-2H3,(H,14,15,16). The lowest BCUT2D eigenvalue weighted by atomic mass is 10.3. The summed E-state index contributed by atoms with van der Waals surface area (Å²) in [5.74, 6) is 1.83. The highest BCUT2D eigenvalue weighted by atomic mass is 15.3. The van der Waals surface area contributed by atoms with Gasteiger partial charge in [-0.25, -0.2) is 4.98 Å². The number of aromatic nitrogens is 2. The van der Waals surface area contributed by atoms with Crippen molar-refractivity contribution in [1.29, 1.82) is 0 Å². The van der Waals surface area contributed by atoms with Crippen molar-refractivity contribution in [1.82, 2.24) is 9.97 Å². The summed E-state index contributed by atoms with van der Waals surface area (Å²) in [6.45, 7) is 6.38. The summed E-state index contributed by atoms with van der Waals surface area (Å²) < 4.78 is 0. The molecule has 0 radical (unpaired) electrons. The SMILES string of the molecule is CCCNc1nccc(N(CCC)C2CC2)n1. The molecule has 94 valence electrons. The third-order valence-electron chi connectivity index (χ3n) is 2.92. The lowest BCUT2D eigenvalue weighted by Crippen LogP contribution is -2.27. The molecular formula is C13H22N4. The van der Waals surface area contributed by atoms with Gasteiger partial charge in [-0.1, -0.05) is 13.8 Å². The summed E-state index contributed by atoms with van der Waals surface area (Å²) in [6.07, 6.45) is 6.72. The van der Waals surface area contributed by atoms with Crippen LogP contribution in [0.5, 0.6) is 0 Å². The van der Waals surface area contributed by atoms with Gasteiger partial charge in [0.1, 0.15) is 5.82 Å². The normalized spacial score (nSPS) is 14.7. The zero-order chi connectivity index (χ0) is 12.1. The van der Waals surface area contributed by atoms with Crippen molar-refractivity contribution < 1.29 is 0 Å². The van der Waals surface area contributed by atoms with Gasteiger partial charge in [0.25, 0.3) is 0 Å². The van der Waals surface area contributed by atoms with Gasteiger partial charge in [-0.15, -0.1) is 0 Å². The molecule has 1 N–H and O–H groups in total. The van der Waals surface area contributed by atoms with Crippen LogP contribution in [0.1, 0.15) is 39.5 Å². The molecule has 4 nitrogen and oxygen atoms in total. The molecule has 0 spiro atoms. The molecule has 0 unspecified atom stereocenters. The molecule has 1 heterocycles. The third-order valence-corrected chi connectivity index (χ3v) is 2.92. The Morgan fingerprint density at radius 3 is 2.82 bits per heavy atom. The van der Waals surface area contributed by atoms with Crippen LogP contribution < -0.4 is 10.2 Å². The van der Waals surface area contributed by atoms with Crippen molar-refractivity contribution in [2.45, 2.75) is 45.6 Å². The highest BCUT2D eigenvalue weighted by Crippen LogP contribution is 2.30. The van der Waals surface area contributed by atoms with Crippen molar-refractivity contribution in [3.63, 3.8) is 0 Å². The Labute approximate surface area is 103 Å². The summed E-state index contributed by atoms with van der Waals surface area (Å²) in [5, 5.41) is 3.24. The number of nitrogens with one attached hydrogen (secondary N) is 1. The van der Waals surface area contributed by atoms with Gasteiger partial charge in [-0.3, -0.25) is 0 Å². The Balaban J connectivity index is 2.07. The second-order valence-electron chi connectivity index (χ2n) is 4.59. The number of anilines is 2. The van der Waals surface area contributed by atoms with E-state index in [-0.39, 0.29) is 0 Å². The molecule has 1 saturated carbocycles. The minimum atomic E-state index is 0.712. The van der Waals surface area contributed by atoms with Crippen LogP contribution in [0.25, 0.3) is 0 Å². The summed E-state index contributed by atoms with van der Waals surface area (Å²) in [6, 6.07) is 2.73. The first kappa shape index (κ1) is 12.1. The van der Waals surface area contributed by atoms with Gasteiger partial charge in [0.05, 0.1) is 0 Å². The van der Waals surface area contributed by atoms with Gasteiger partial charge in [0, 0.05) is 25.3 Å².